The van der Waals surface area contributed by atoms with Crippen molar-refractivity contribution in [2.75, 3.05) is 0 Å². The maximum absolute atomic E-state index is 14.5. The fraction of sp³-hybridized carbons (Fsp3) is 0.231. The third-order valence-electron chi connectivity index (χ3n) is 5.44. The van der Waals surface area contributed by atoms with E-state index in [-0.39, 0.29) is 11.7 Å². The number of nitrogens with zero attached hydrogens (tertiary/aromatic N) is 1. The highest BCUT2D eigenvalue weighted by Crippen LogP contribution is 2.40. The summed E-state index contributed by atoms with van der Waals surface area (Å²) in [5, 5.41) is 0. The topological polar surface area (TPSA) is 56.0 Å². The van der Waals surface area contributed by atoms with Gasteiger partial charge in [-0.25, -0.2) is 4.39 Å². The molecule has 1 heterocycles. The zero-order chi connectivity index (χ0) is 21.8. The standard InChI is InChI=1S/C26H27FN2O/c1-5-20(19-9-7-6-8-10-19)24(23-12-11-16(2)15-29-23)25(26(28)30)21-14-22(27)18(4)13-17(21)3/h6-15,20H,5H2,1-4H3,(H2,28,30). The van der Waals surface area contributed by atoms with Crippen LogP contribution in [0.1, 0.15) is 52.8 Å². The number of carbonyl (C=O) groups is 1. The Hall–Kier alpha value is -3.27. The molecule has 0 aliphatic carbocycles. The number of amides is 1. The molecule has 0 spiro atoms. The first kappa shape index (κ1) is 21.4. The van der Waals surface area contributed by atoms with E-state index in [4.69, 9.17) is 5.73 Å². The number of nitrogens with two attached hydrogens (primary N) is 1. The van der Waals surface area contributed by atoms with Crippen molar-refractivity contribution < 1.29 is 9.18 Å². The van der Waals surface area contributed by atoms with E-state index in [9.17, 15) is 9.18 Å². The molecule has 0 fully saturated rings. The molecule has 1 atom stereocenters. The van der Waals surface area contributed by atoms with Gasteiger partial charge in [-0.05, 0) is 72.7 Å². The number of aryl methyl sites for hydroxylation is 3. The second-order valence-electron chi connectivity index (χ2n) is 7.66. The smallest absolute Gasteiger partial charge is 0.249 e. The largest absolute Gasteiger partial charge is 0.366 e. The van der Waals surface area contributed by atoms with E-state index in [1.54, 1.807) is 19.2 Å². The summed E-state index contributed by atoms with van der Waals surface area (Å²) in [5.41, 5.74) is 11.6. The van der Waals surface area contributed by atoms with Crippen molar-refractivity contribution >= 4 is 17.1 Å². The summed E-state index contributed by atoms with van der Waals surface area (Å²) in [4.78, 5) is 17.4. The monoisotopic (exact) mass is 402 g/mol. The highest BCUT2D eigenvalue weighted by atomic mass is 19.1. The van der Waals surface area contributed by atoms with Crippen LogP contribution in [-0.2, 0) is 4.79 Å². The van der Waals surface area contributed by atoms with Gasteiger partial charge in [0.25, 0.3) is 0 Å². The number of hydrogen-bond donors (Lipinski definition) is 1. The van der Waals surface area contributed by atoms with Crippen LogP contribution in [0.3, 0.4) is 0 Å². The number of halogens is 1. The summed E-state index contributed by atoms with van der Waals surface area (Å²) in [5.74, 6) is -1.07. The van der Waals surface area contributed by atoms with Crippen LogP contribution in [0, 0.1) is 26.6 Å². The number of carbonyl (C=O) groups excluding carboxylic acids is 1. The third kappa shape index (κ3) is 4.33. The highest BCUT2D eigenvalue weighted by molar-refractivity contribution is 6.27. The molecular weight excluding hydrogens is 375 g/mol. The molecule has 4 heteroatoms. The Morgan fingerprint density at radius 3 is 2.30 bits per heavy atom. The van der Waals surface area contributed by atoms with Crippen LogP contribution < -0.4 is 5.73 Å². The molecular formula is C26H27FN2O. The molecule has 0 saturated heterocycles. The van der Waals surface area contributed by atoms with Crippen molar-refractivity contribution in [3.63, 3.8) is 0 Å². The van der Waals surface area contributed by atoms with E-state index < -0.39 is 5.91 Å². The molecule has 1 aromatic heterocycles. The van der Waals surface area contributed by atoms with Gasteiger partial charge in [0.2, 0.25) is 5.91 Å². The van der Waals surface area contributed by atoms with E-state index >= 15 is 0 Å². The van der Waals surface area contributed by atoms with Gasteiger partial charge in [0.1, 0.15) is 5.82 Å². The molecule has 2 aromatic carbocycles. The average molecular weight is 403 g/mol. The summed E-state index contributed by atoms with van der Waals surface area (Å²) >= 11 is 0. The lowest BCUT2D eigenvalue weighted by Crippen LogP contribution is -2.18. The van der Waals surface area contributed by atoms with E-state index in [0.717, 1.165) is 28.7 Å². The normalized spacial score (nSPS) is 13.0. The van der Waals surface area contributed by atoms with Crippen molar-refractivity contribution in [1.82, 2.24) is 4.98 Å². The minimum atomic E-state index is -0.590. The predicted octanol–water partition coefficient (Wildman–Crippen LogP) is 5.74. The molecule has 3 rings (SSSR count). The molecule has 30 heavy (non-hydrogen) atoms. The molecule has 2 N–H and O–H groups in total. The lowest BCUT2D eigenvalue weighted by molar-refractivity contribution is -0.112. The minimum Gasteiger partial charge on any atom is -0.366 e. The maximum atomic E-state index is 14.5. The van der Waals surface area contributed by atoms with Gasteiger partial charge < -0.3 is 5.73 Å². The Morgan fingerprint density at radius 2 is 1.73 bits per heavy atom. The highest BCUT2D eigenvalue weighted by Gasteiger charge is 2.26. The minimum absolute atomic E-state index is 0.118. The Labute approximate surface area is 177 Å². The zero-order valence-corrected chi connectivity index (χ0v) is 17.9. The van der Waals surface area contributed by atoms with Gasteiger partial charge >= 0.3 is 0 Å². The Morgan fingerprint density at radius 1 is 1.03 bits per heavy atom. The number of pyridine rings is 1. The zero-order valence-electron chi connectivity index (χ0n) is 17.9. The molecule has 154 valence electrons. The van der Waals surface area contributed by atoms with E-state index in [1.807, 2.05) is 56.3 Å². The number of primary amides is 1. The van der Waals surface area contributed by atoms with Crippen molar-refractivity contribution in [2.24, 2.45) is 5.73 Å². The van der Waals surface area contributed by atoms with Gasteiger partial charge in [0.05, 0.1) is 11.3 Å². The van der Waals surface area contributed by atoms with Gasteiger partial charge in [0.15, 0.2) is 0 Å². The molecule has 1 unspecified atom stereocenters. The summed E-state index contributed by atoms with van der Waals surface area (Å²) in [7, 11) is 0. The van der Waals surface area contributed by atoms with Crippen molar-refractivity contribution in [3.8, 4) is 0 Å². The molecule has 1 amide bonds. The first-order valence-electron chi connectivity index (χ1n) is 10.1. The summed E-state index contributed by atoms with van der Waals surface area (Å²) in [6, 6.07) is 17.0. The van der Waals surface area contributed by atoms with Crippen molar-refractivity contribution in [3.05, 3.63) is 100 Å². The second kappa shape index (κ2) is 9.04. The Kier molecular flexibility index (Phi) is 6.46. The van der Waals surface area contributed by atoms with E-state index in [0.29, 0.717) is 22.4 Å². The molecule has 0 aliphatic heterocycles. The number of hydrogen-bond acceptors (Lipinski definition) is 2. The Balaban J connectivity index is 2.40. The predicted molar refractivity (Wildman–Crippen MR) is 120 cm³/mol. The van der Waals surface area contributed by atoms with Crippen LogP contribution in [0.5, 0.6) is 0 Å². The van der Waals surface area contributed by atoms with Crippen LogP contribution in [0.15, 0.2) is 60.8 Å². The first-order valence-corrected chi connectivity index (χ1v) is 10.1. The quantitative estimate of drug-likeness (QED) is 0.535. The van der Waals surface area contributed by atoms with Crippen LogP contribution in [0.25, 0.3) is 11.1 Å². The molecule has 3 nitrogen and oxygen atoms in total. The second-order valence-corrected chi connectivity index (χ2v) is 7.66. The summed E-state index contributed by atoms with van der Waals surface area (Å²) in [6.07, 6.45) is 2.51. The molecule has 0 aliphatic rings. The van der Waals surface area contributed by atoms with E-state index in [1.165, 1.54) is 6.07 Å². The number of benzene rings is 2. The van der Waals surface area contributed by atoms with Crippen LogP contribution in [0.4, 0.5) is 4.39 Å². The van der Waals surface area contributed by atoms with Gasteiger partial charge in [-0.2, -0.15) is 0 Å². The van der Waals surface area contributed by atoms with Crippen molar-refractivity contribution in [1.29, 1.82) is 0 Å². The third-order valence-corrected chi connectivity index (χ3v) is 5.44. The van der Waals surface area contributed by atoms with Crippen molar-refractivity contribution in [2.45, 2.75) is 40.0 Å². The van der Waals surface area contributed by atoms with Gasteiger partial charge in [-0.1, -0.05) is 49.4 Å². The fourth-order valence-corrected chi connectivity index (χ4v) is 3.91. The molecule has 0 bridgehead atoms. The maximum Gasteiger partial charge on any atom is 0.249 e. The molecule has 0 radical (unpaired) electrons. The lowest BCUT2D eigenvalue weighted by atomic mass is 9.81. The van der Waals surface area contributed by atoms with Crippen LogP contribution in [-0.4, -0.2) is 10.9 Å². The average Bonchev–Trinajstić information content (AvgIpc) is 2.72. The van der Waals surface area contributed by atoms with E-state index in [2.05, 4.69) is 11.9 Å². The number of aromatic nitrogens is 1. The van der Waals surface area contributed by atoms with Gasteiger partial charge in [0, 0.05) is 12.1 Å². The number of allylic oxidation sites excluding steroid dienone is 1. The number of rotatable bonds is 6. The molecule has 3 aromatic rings. The molecule has 0 saturated carbocycles. The lowest BCUT2D eigenvalue weighted by Gasteiger charge is -2.24. The SMILES string of the molecule is CCC(C(=C(C(N)=O)c1cc(F)c(C)cc1C)c1ccc(C)cn1)c1ccccc1. The first-order chi connectivity index (χ1) is 14.3. The summed E-state index contributed by atoms with van der Waals surface area (Å²) < 4.78 is 14.5. The summed E-state index contributed by atoms with van der Waals surface area (Å²) in [6.45, 7) is 7.60. The Bertz CT molecular complexity index is 1090. The van der Waals surface area contributed by atoms with Gasteiger partial charge in [-0.3, -0.25) is 9.78 Å². The van der Waals surface area contributed by atoms with Crippen LogP contribution >= 0.6 is 0 Å². The van der Waals surface area contributed by atoms with Gasteiger partial charge in [-0.15, -0.1) is 0 Å². The fourth-order valence-electron chi connectivity index (χ4n) is 3.91. The van der Waals surface area contributed by atoms with Crippen LogP contribution in [0.2, 0.25) is 0 Å².